The zero-order valence-corrected chi connectivity index (χ0v) is 19.6. The summed E-state index contributed by atoms with van der Waals surface area (Å²) in [6.45, 7) is 4.74. The van der Waals surface area contributed by atoms with Gasteiger partial charge >= 0.3 is 0 Å². The third-order valence-corrected chi connectivity index (χ3v) is 6.59. The van der Waals surface area contributed by atoms with E-state index >= 15 is 0 Å². The third-order valence-electron chi connectivity index (χ3n) is 6.59. The van der Waals surface area contributed by atoms with E-state index in [1.807, 2.05) is 12.1 Å². The molecule has 0 aliphatic heterocycles. The van der Waals surface area contributed by atoms with Crippen LogP contribution in [0, 0.1) is 29.4 Å². The SMILES string of the molecule is CCCCCOc1ccc(C#Cc2ccc([C@H]3CC[C@H](CCCC)CC3)cc2)c(F)c1F. The highest BCUT2D eigenvalue weighted by Gasteiger charge is 2.21. The Morgan fingerprint density at radius 1 is 0.812 bits per heavy atom. The van der Waals surface area contributed by atoms with Gasteiger partial charge in [0.25, 0.3) is 0 Å². The molecule has 0 amide bonds. The summed E-state index contributed by atoms with van der Waals surface area (Å²) in [4.78, 5) is 0. The average molecular weight is 439 g/mol. The molecule has 1 aliphatic rings. The van der Waals surface area contributed by atoms with Crippen LogP contribution in [0.15, 0.2) is 36.4 Å². The van der Waals surface area contributed by atoms with Gasteiger partial charge in [-0.05, 0) is 73.8 Å². The lowest BCUT2D eigenvalue weighted by atomic mass is 9.77. The minimum atomic E-state index is -0.960. The van der Waals surface area contributed by atoms with E-state index in [2.05, 4.69) is 37.8 Å². The van der Waals surface area contributed by atoms with Crippen molar-refractivity contribution in [3.63, 3.8) is 0 Å². The van der Waals surface area contributed by atoms with Crippen molar-refractivity contribution in [3.05, 3.63) is 64.7 Å². The molecule has 0 aromatic heterocycles. The summed E-state index contributed by atoms with van der Waals surface area (Å²) in [5.74, 6) is 5.34. The zero-order chi connectivity index (χ0) is 22.8. The fourth-order valence-corrected chi connectivity index (χ4v) is 4.53. The van der Waals surface area contributed by atoms with Crippen molar-refractivity contribution in [1.82, 2.24) is 0 Å². The van der Waals surface area contributed by atoms with Crippen LogP contribution in [0.3, 0.4) is 0 Å². The Kier molecular flexibility index (Phi) is 9.60. The molecule has 172 valence electrons. The first-order valence-electron chi connectivity index (χ1n) is 12.3. The number of hydrogen-bond acceptors (Lipinski definition) is 1. The highest BCUT2D eigenvalue weighted by atomic mass is 19.2. The standard InChI is InChI=1S/C29H36F2O/c1-3-5-7-21-32-27-20-19-26(28(30)29(27)31)18-13-23-11-16-25(17-12-23)24-14-9-22(10-15-24)8-6-4-2/h11-12,16-17,19-20,22,24H,3-10,14-15,21H2,1-2H3/t22-,24-. The minimum absolute atomic E-state index is 0.0436. The molecule has 0 radical (unpaired) electrons. The molecule has 0 N–H and O–H groups in total. The van der Waals surface area contributed by atoms with Crippen LogP contribution in [0.5, 0.6) is 5.75 Å². The molecule has 0 atom stereocenters. The molecular weight excluding hydrogens is 402 g/mol. The molecule has 0 spiro atoms. The third kappa shape index (κ3) is 6.83. The predicted molar refractivity (Wildman–Crippen MR) is 128 cm³/mol. The molecule has 0 bridgehead atoms. The molecule has 0 heterocycles. The largest absolute Gasteiger partial charge is 0.490 e. The summed E-state index contributed by atoms with van der Waals surface area (Å²) in [6.07, 6.45) is 12.1. The maximum atomic E-state index is 14.4. The van der Waals surface area contributed by atoms with Crippen molar-refractivity contribution in [3.8, 4) is 17.6 Å². The van der Waals surface area contributed by atoms with Gasteiger partial charge in [0.15, 0.2) is 11.6 Å². The van der Waals surface area contributed by atoms with Gasteiger partial charge in [0, 0.05) is 5.56 Å². The van der Waals surface area contributed by atoms with E-state index in [9.17, 15) is 8.78 Å². The normalized spacial score (nSPS) is 18.1. The molecule has 1 saturated carbocycles. The Hall–Kier alpha value is -2.34. The fourth-order valence-electron chi connectivity index (χ4n) is 4.53. The smallest absolute Gasteiger partial charge is 0.201 e. The molecule has 2 aromatic rings. The summed E-state index contributed by atoms with van der Waals surface area (Å²) in [6, 6.07) is 11.2. The van der Waals surface area contributed by atoms with Crippen LogP contribution >= 0.6 is 0 Å². The van der Waals surface area contributed by atoms with E-state index in [1.165, 1.54) is 62.6 Å². The molecule has 1 aliphatic carbocycles. The first-order valence-corrected chi connectivity index (χ1v) is 12.3. The van der Waals surface area contributed by atoms with E-state index in [0.717, 1.165) is 30.7 Å². The molecule has 3 rings (SSSR count). The predicted octanol–water partition coefficient (Wildman–Crippen LogP) is 8.40. The van der Waals surface area contributed by atoms with Crippen molar-refractivity contribution < 1.29 is 13.5 Å². The van der Waals surface area contributed by atoms with Gasteiger partial charge < -0.3 is 4.74 Å². The van der Waals surface area contributed by atoms with Crippen molar-refractivity contribution in [2.75, 3.05) is 6.61 Å². The Bertz CT molecular complexity index is 899. The lowest BCUT2D eigenvalue weighted by Crippen LogP contribution is -2.13. The van der Waals surface area contributed by atoms with Crippen molar-refractivity contribution in [2.45, 2.75) is 84.0 Å². The maximum Gasteiger partial charge on any atom is 0.201 e. The second kappa shape index (κ2) is 12.6. The summed E-state index contributed by atoms with van der Waals surface area (Å²) in [5, 5.41) is 0. The summed E-state index contributed by atoms with van der Waals surface area (Å²) in [7, 11) is 0. The fraction of sp³-hybridized carbons (Fsp3) is 0.517. The van der Waals surface area contributed by atoms with Crippen LogP contribution in [-0.2, 0) is 0 Å². The number of rotatable bonds is 9. The first kappa shape index (κ1) is 24.3. The summed E-state index contributed by atoms with van der Waals surface area (Å²) in [5.41, 5.74) is 2.23. The van der Waals surface area contributed by atoms with Crippen LogP contribution < -0.4 is 4.74 Å². The lowest BCUT2D eigenvalue weighted by Gasteiger charge is -2.28. The molecular formula is C29H36F2O. The van der Waals surface area contributed by atoms with E-state index in [0.29, 0.717) is 12.5 Å². The average Bonchev–Trinajstić information content (AvgIpc) is 2.83. The van der Waals surface area contributed by atoms with Gasteiger partial charge in [0.2, 0.25) is 5.82 Å². The Morgan fingerprint density at radius 2 is 1.53 bits per heavy atom. The van der Waals surface area contributed by atoms with E-state index < -0.39 is 11.6 Å². The Morgan fingerprint density at radius 3 is 2.22 bits per heavy atom. The second-order valence-corrected chi connectivity index (χ2v) is 9.03. The van der Waals surface area contributed by atoms with Crippen molar-refractivity contribution in [2.24, 2.45) is 5.92 Å². The molecule has 1 nitrogen and oxygen atoms in total. The van der Waals surface area contributed by atoms with Gasteiger partial charge in [-0.15, -0.1) is 0 Å². The van der Waals surface area contributed by atoms with Crippen molar-refractivity contribution in [1.29, 1.82) is 0 Å². The quantitative estimate of drug-likeness (QED) is 0.282. The van der Waals surface area contributed by atoms with Gasteiger partial charge in [-0.3, -0.25) is 0 Å². The first-order chi connectivity index (χ1) is 15.6. The number of unbranched alkanes of at least 4 members (excludes halogenated alkanes) is 3. The molecule has 2 aromatic carbocycles. The molecule has 0 saturated heterocycles. The summed E-state index contributed by atoms with van der Waals surface area (Å²) >= 11 is 0. The number of ether oxygens (including phenoxy) is 1. The number of halogens is 2. The Labute approximate surface area is 192 Å². The van der Waals surface area contributed by atoms with Crippen LogP contribution in [0.4, 0.5) is 8.78 Å². The van der Waals surface area contributed by atoms with Crippen LogP contribution in [0.1, 0.15) is 101 Å². The van der Waals surface area contributed by atoms with Crippen LogP contribution in [-0.4, -0.2) is 6.61 Å². The second-order valence-electron chi connectivity index (χ2n) is 9.03. The van der Waals surface area contributed by atoms with Crippen molar-refractivity contribution >= 4 is 0 Å². The van der Waals surface area contributed by atoms with Gasteiger partial charge in [0.1, 0.15) is 0 Å². The lowest BCUT2D eigenvalue weighted by molar-refractivity contribution is 0.286. The van der Waals surface area contributed by atoms with Crippen LogP contribution in [0.25, 0.3) is 0 Å². The molecule has 1 fully saturated rings. The number of hydrogen-bond donors (Lipinski definition) is 0. The van der Waals surface area contributed by atoms with E-state index in [4.69, 9.17) is 4.74 Å². The van der Waals surface area contributed by atoms with Gasteiger partial charge in [-0.2, -0.15) is 4.39 Å². The topological polar surface area (TPSA) is 9.23 Å². The molecule has 3 heteroatoms. The highest BCUT2D eigenvalue weighted by Crippen LogP contribution is 2.37. The van der Waals surface area contributed by atoms with Gasteiger partial charge in [-0.1, -0.05) is 69.9 Å². The van der Waals surface area contributed by atoms with Gasteiger partial charge in [-0.25, -0.2) is 4.39 Å². The minimum Gasteiger partial charge on any atom is -0.490 e. The Balaban J connectivity index is 1.58. The van der Waals surface area contributed by atoms with Gasteiger partial charge in [0.05, 0.1) is 12.2 Å². The summed E-state index contributed by atoms with van der Waals surface area (Å²) < 4.78 is 34.1. The van der Waals surface area contributed by atoms with E-state index in [1.54, 1.807) is 0 Å². The maximum absolute atomic E-state index is 14.4. The van der Waals surface area contributed by atoms with Crippen LogP contribution in [0.2, 0.25) is 0 Å². The monoisotopic (exact) mass is 438 g/mol. The number of benzene rings is 2. The van der Waals surface area contributed by atoms with E-state index in [-0.39, 0.29) is 11.3 Å². The molecule has 32 heavy (non-hydrogen) atoms. The highest BCUT2D eigenvalue weighted by molar-refractivity contribution is 5.46. The molecule has 0 unspecified atom stereocenters. The zero-order valence-electron chi connectivity index (χ0n) is 19.6.